The fraction of sp³-hybridized carbons (Fsp3) is 0.500. The van der Waals surface area contributed by atoms with Crippen LogP contribution in [0.4, 0.5) is 4.39 Å². The summed E-state index contributed by atoms with van der Waals surface area (Å²) in [7, 11) is 0. The summed E-state index contributed by atoms with van der Waals surface area (Å²) in [5, 5.41) is 9.08. The van der Waals surface area contributed by atoms with Crippen molar-refractivity contribution in [2.24, 2.45) is 5.92 Å². The highest BCUT2D eigenvalue weighted by Crippen LogP contribution is 2.24. The Morgan fingerprint density at radius 1 is 1.29 bits per heavy atom. The van der Waals surface area contributed by atoms with Gasteiger partial charge in [0.25, 0.3) is 0 Å². The Morgan fingerprint density at radius 3 is 2.29 bits per heavy atom. The molecule has 1 aromatic carbocycles. The molecule has 78 valence electrons. The third-order valence-corrected chi connectivity index (χ3v) is 2.52. The van der Waals surface area contributed by atoms with E-state index in [4.69, 9.17) is 5.11 Å². The summed E-state index contributed by atoms with van der Waals surface area (Å²) < 4.78 is 13.6. The van der Waals surface area contributed by atoms with Crippen molar-refractivity contribution in [2.75, 3.05) is 6.61 Å². The van der Waals surface area contributed by atoms with Crippen molar-refractivity contribution in [3.05, 3.63) is 35.9 Å². The van der Waals surface area contributed by atoms with Crippen molar-refractivity contribution >= 4 is 0 Å². The second-order valence-corrected chi connectivity index (χ2v) is 4.13. The van der Waals surface area contributed by atoms with Crippen LogP contribution in [0, 0.1) is 5.92 Å². The lowest BCUT2D eigenvalue weighted by molar-refractivity contribution is 0.0722. The van der Waals surface area contributed by atoms with Crippen molar-refractivity contribution in [2.45, 2.75) is 25.9 Å². The fourth-order valence-electron chi connectivity index (χ4n) is 1.42. The monoisotopic (exact) mass is 196 g/mol. The predicted molar refractivity (Wildman–Crippen MR) is 55.9 cm³/mol. The molecule has 0 amide bonds. The summed E-state index contributed by atoms with van der Waals surface area (Å²) in [5.41, 5.74) is -0.262. The van der Waals surface area contributed by atoms with E-state index in [2.05, 4.69) is 0 Å². The molecule has 1 N–H and O–H groups in total. The SMILES string of the molecule is CC(C)(F)C(CO)Cc1ccccc1. The lowest BCUT2D eigenvalue weighted by Gasteiger charge is -2.25. The van der Waals surface area contributed by atoms with Gasteiger partial charge in [-0.05, 0) is 25.8 Å². The Bertz CT molecular complexity index is 263. The van der Waals surface area contributed by atoms with Crippen LogP contribution in [0.5, 0.6) is 0 Å². The van der Waals surface area contributed by atoms with E-state index in [0.29, 0.717) is 6.42 Å². The molecule has 0 saturated carbocycles. The van der Waals surface area contributed by atoms with Crippen LogP contribution in [-0.2, 0) is 6.42 Å². The second kappa shape index (κ2) is 4.56. The fourth-order valence-corrected chi connectivity index (χ4v) is 1.42. The highest BCUT2D eigenvalue weighted by Gasteiger charge is 2.28. The summed E-state index contributed by atoms with van der Waals surface area (Å²) in [5.74, 6) is -0.329. The first-order valence-corrected chi connectivity index (χ1v) is 4.87. The minimum atomic E-state index is -1.33. The van der Waals surface area contributed by atoms with Gasteiger partial charge in [0, 0.05) is 12.5 Å². The molecule has 1 nitrogen and oxygen atoms in total. The highest BCUT2D eigenvalue weighted by molar-refractivity contribution is 5.15. The molecule has 1 rings (SSSR count). The van der Waals surface area contributed by atoms with Gasteiger partial charge in [0.15, 0.2) is 0 Å². The Kier molecular flexibility index (Phi) is 3.64. The molecule has 0 saturated heterocycles. The Balaban J connectivity index is 2.67. The lowest BCUT2D eigenvalue weighted by atomic mass is 9.87. The Hall–Kier alpha value is -0.890. The zero-order valence-corrected chi connectivity index (χ0v) is 8.70. The summed E-state index contributed by atoms with van der Waals surface area (Å²) in [6.07, 6.45) is 0.584. The number of halogens is 1. The molecule has 1 aromatic rings. The predicted octanol–water partition coefficient (Wildman–Crippen LogP) is 2.59. The molecule has 0 aliphatic rings. The number of hydrogen-bond acceptors (Lipinski definition) is 1. The molecule has 0 spiro atoms. The number of benzene rings is 1. The maximum absolute atomic E-state index is 13.6. The summed E-state index contributed by atoms with van der Waals surface area (Å²) in [6.45, 7) is 2.91. The number of alkyl halides is 1. The first-order valence-electron chi connectivity index (χ1n) is 4.87. The smallest absolute Gasteiger partial charge is 0.110 e. The average Bonchev–Trinajstić information content (AvgIpc) is 2.14. The van der Waals surface area contributed by atoms with Crippen LogP contribution in [0.15, 0.2) is 30.3 Å². The number of rotatable bonds is 4. The lowest BCUT2D eigenvalue weighted by Crippen LogP contribution is -2.30. The third-order valence-electron chi connectivity index (χ3n) is 2.52. The molecule has 0 bridgehead atoms. The van der Waals surface area contributed by atoms with Crippen molar-refractivity contribution in [3.8, 4) is 0 Å². The van der Waals surface area contributed by atoms with Crippen LogP contribution in [0.2, 0.25) is 0 Å². The number of aliphatic hydroxyl groups excluding tert-OH is 1. The summed E-state index contributed by atoms with van der Waals surface area (Å²) >= 11 is 0. The standard InChI is InChI=1S/C12H17FO/c1-12(2,13)11(9-14)8-10-6-4-3-5-7-10/h3-7,11,14H,8-9H2,1-2H3. The van der Waals surface area contributed by atoms with Gasteiger partial charge in [-0.25, -0.2) is 4.39 Å². The second-order valence-electron chi connectivity index (χ2n) is 4.13. The molecule has 0 fully saturated rings. The van der Waals surface area contributed by atoms with E-state index < -0.39 is 5.67 Å². The van der Waals surface area contributed by atoms with Gasteiger partial charge in [0.1, 0.15) is 5.67 Å². The summed E-state index contributed by atoms with van der Waals surface area (Å²) in [4.78, 5) is 0. The first-order chi connectivity index (χ1) is 6.54. The van der Waals surface area contributed by atoms with Crippen LogP contribution in [0.3, 0.4) is 0 Å². The van der Waals surface area contributed by atoms with E-state index in [9.17, 15) is 4.39 Å². The van der Waals surface area contributed by atoms with E-state index in [1.165, 1.54) is 13.8 Å². The minimum Gasteiger partial charge on any atom is -0.396 e. The number of aliphatic hydroxyl groups is 1. The molecule has 0 radical (unpaired) electrons. The van der Waals surface area contributed by atoms with E-state index in [0.717, 1.165) is 5.56 Å². The molecule has 0 aliphatic heterocycles. The van der Waals surface area contributed by atoms with Gasteiger partial charge in [-0.3, -0.25) is 0 Å². The summed E-state index contributed by atoms with van der Waals surface area (Å²) in [6, 6.07) is 9.69. The van der Waals surface area contributed by atoms with E-state index in [1.54, 1.807) is 0 Å². The van der Waals surface area contributed by atoms with Crippen LogP contribution in [0.1, 0.15) is 19.4 Å². The maximum Gasteiger partial charge on any atom is 0.110 e. The molecule has 14 heavy (non-hydrogen) atoms. The third kappa shape index (κ3) is 3.11. The van der Waals surface area contributed by atoms with E-state index >= 15 is 0 Å². The molecule has 0 aromatic heterocycles. The van der Waals surface area contributed by atoms with Crippen molar-refractivity contribution in [1.29, 1.82) is 0 Å². The first kappa shape index (κ1) is 11.2. The van der Waals surface area contributed by atoms with Gasteiger partial charge in [-0.1, -0.05) is 30.3 Å². The zero-order chi connectivity index (χ0) is 10.6. The molecule has 1 atom stereocenters. The highest BCUT2D eigenvalue weighted by atomic mass is 19.1. The molecular weight excluding hydrogens is 179 g/mol. The van der Waals surface area contributed by atoms with Crippen molar-refractivity contribution in [1.82, 2.24) is 0 Å². The molecule has 2 heteroatoms. The van der Waals surface area contributed by atoms with Crippen molar-refractivity contribution in [3.63, 3.8) is 0 Å². The van der Waals surface area contributed by atoms with Crippen LogP contribution in [-0.4, -0.2) is 17.4 Å². The van der Waals surface area contributed by atoms with Gasteiger partial charge < -0.3 is 5.11 Å². The van der Waals surface area contributed by atoms with Gasteiger partial charge in [0.2, 0.25) is 0 Å². The molecule has 0 aliphatic carbocycles. The van der Waals surface area contributed by atoms with Crippen LogP contribution in [0.25, 0.3) is 0 Å². The molecule has 0 heterocycles. The van der Waals surface area contributed by atoms with Crippen LogP contribution < -0.4 is 0 Å². The quantitative estimate of drug-likeness (QED) is 0.784. The topological polar surface area (TPSA) is 20.2 Å². The van der Waals surface area contributed by atoms with Gasteiger partial charge in [0.05, 0.1) is 0 Å². The normalized spacial score (nSPS) is 14.0. The Labute approximate surface area is 84.6 Å². The number of hydrogen-bond donors (Lipinski definition) is 1. The van der Waals surface area contributed by atoms with E-state index in [1.807, 2.05) is 30.3 Å². The van der Waals surface area contributed by atoms with E-state index in [-0.39, 0.29) is 12.5 Å². The average molecular weight is 196 g/mol. The Morgan fingerprint density at radius 2 is 1.86 bits per heavy atom. The van der Waals surface area contributed by atoms with Gasteiger partial charge in [-0.15, -0.1) is 0 Å². The minimum absolute atomic E-state index is 0.113. The van der Waals surface area contributed by atoms with Crippen LogP contribution >= 0.6 is 0 Å². The van der Waals surface area contributed by atoms with Gasteiger partial charge in [-0.2, -0.15) is 0 Å². The largest absolute Gasteiger partial charge is 0.396 e. The van der Waals surface area contributed by atoms with Gasteiger partial charge >= 0.3 is 0 Å². The maximum atomic E-state index is 13.6. The molecule has 1 unspecified atom stereocenters. The zero-order valence-electron chi connectivity index (χ0n) is 8.70. The molecular formula is C12H17FO. The van der Waals surface area contributed by atoms with Crippen molar-refractivity contribution < 1.29 is 9.50 Å².